The highest BCUT2D eigenvalue weighted by atomic mass is 35.5. The third-order valence-corrected chi connectivity index (χ3v) is 6.37. The summed E-state index contributed by atoms with van der Waals surface area (Å²) < 4.78 is 12.1. The Morgan fingerprint density at radius 2 is 1.85 bits per heavy atom. The molecule has 2 amide bonds. The first-order chi connectivity index (χ1) is 16.4. The molecular formula is C24H20ClN3O5S. The summed E-state index contributed by atoms with van der Waals surface area (Å²) >= 11 is 7.18. The highest BCUT2D eigenvalue weighted by Gasteiger charge is 2.20. The molecule has 8 nitrogen and oxygen atoms in total. The number of aryl methyl sites for hydroxylation is 1. The summed E-state index contributed by atoms with van der Waals surface area (Å²) in [6.07, 6.45) is 0. The highest BCUT2D eigenvalue weighted by Crippen LogP contribution is 2.29. The molecule has 0 atom stereocenters. The Morgan fingerprint density at radius 1 is 1.12 bits per heavy atom. The third kappa shape index (κ3) is 5.11. The van der Waals surface area contributed by atoms with Gasteiger partial charge in [-0.15, -0.1) is 11.3 Å². The summed E-state index contributed by atoms with van der Waals surface area (Å²) in [7, 11) is 1.43. The quantitative estimate of drug-likeness (QED) is 0.383. The maximum Gasteiger partial charge on any atom is 0.348 e. The van der Waals surface area contributed by atoms with Gasteiger partial charge in [0.15, 0.2) is 6.61 Å². The second kappa shape index (κ2) is 10.1. The normalized spacial score (nSPS) is 10.8. The number of imide groups is 1. The molecule has 4 aromatic rings. The number of para-hydroxylation sites is 1. The van der Waals surface area contributed by atoms with Gasteiger partial charge in [-0.1, -0.05) is 35.9 Å². The number of nitrogens with one attached hydrogen (secondary N) is 1. The molecule has 0 radical (unpaired) electrons. The number of halogens is 1. The van der Waals surface area contributed by atoms with E-state index >= 15 is 0 Å². The fourth-order valence-corrected chi connectivity index (χ4v) is 4.53. The van der Waals surface area contributed by atoms with Gasteiger partial charge in [-0.2, -0.15) is 5.10 Å². The van der Waals surface area contributed by atoms with Gasteiger partial charge in [0.05, 0.1) is 24.9 Å². The second-order valence-corrected chi connectivity index (χ2v) is 8.82. The van der Waals surface area contributed by atoms with Crippen molar-refractivity contribution >= 4 is 50.9 Å². The van der Waals surface area contributed by atoms with E-state index in [1.54, 1.807) is 24.3 Å². The number of rotatable bonds is 7. The van der Waals surface area contributed by atoms with Crippen molar-refractivity contribution < 1.29 is 23.9 Å². The van der Waals surface area contributed by atoms with Crippen molar-refractivity contribution in [3.05, 3.63) is 81.3 Å². The lowest BCUT2D eigenvalue weighted by molar-refractivity contribution is -0.123. The van der Waals surface area contributed by atoms with Crippen LogP contribution in [0, 0.1) is 6.92 Å². The lowest BCUT2D eigenvalue weighted by atomic mass is 10.2. The van der Waals surface area contributed by atoms with Crippen molar-refractivity contribution in [1.29, 1.82) is 0 Å². The minimum absolute atomic E-state index is 0.204. The summed E-state index contributed by atoms with van der Waals surface area (Å²) in [6, 6.07) is 15.6. The Bertz CT molecular complexity index is 1380. The average Bonchev–Trinajstić information content (AvgIpc) is 3.40. The van der Waals surface area contributed by atoms with Crippen molar-refractivity contribution in [1.82, 2.24) is 15.1 Å². The first kappa shape index (κ1) is 23.5. The number of aromatic nitrogens is 2. The van der Waals surface area contributed by atoms with E-state index in [1.807, 2.05) is 35.9 Å². The largest absolute Gasteiger partial charge is 0.496 e. The number of carbonyl (C=O) groups excluding carboxylic acids is 3. The SMILES string of the molecule is COc1ccccc1C(=O)NC(=O)COC(=O)c1cc2c(C)nn(Cc3ccc(Cl)cc3)c2s1. The Hall–Kier alpha value is -3.69. The molecule has 0 unspecified atom stereocenters. The summed E-state index contributed by atoms with van der Waals surface area (Å²) in [6.45, 7) is 1.78. The number of benzene rings is 2. The van der Waals surface area contributed by atoms with Gasteiger partial charge >= 0.3 is 5.97 Å². The van der Waals surface area contributed by atoms with Crippen LogP contribution in [0.2, 0.25) is 5.02 Å². The van der Waals surface area contributed by atoms with E-state index in [1.165, 1.54) is 24.5 Å². The van der Waals surface area contributed by atoms with Gasteiger partial charge < -0.3 is 9.47 Å². The van der Waals surface area contributed by atoms with Gasteiger partial charge in [0.1, 0.15) is 15.5 Å². The van der Waals surface area contributed by atoms with E-state index in [0.717, 1.165) is 21.5 Å². The molecule has 2 aromatic heterocycles. The molecule has 1 N–H and O–H groups in total. The van der Waals surface area contributed by atoms with Crippen molar-refractivity contribution in [2.45, 2.75) is 13.5 Å². The molecule has 0 saturated heterocycles. The molecule has 0 aliphatic rings. The van der Waals surface area contributed by atoms with Gasteiger partial charge in [-0.3, -0.25) is 19.6 Å². The number of hydrogen-bond acceptors (Lipinski definition) is 7. The minimum Gasteiger partial charge on any atom is -0.496 e. The average molecular weight is 498 g/mol. The molecule has 174 valence electrons. The van der Waals surface area contributed by atoms with Crippen LogP contribution in [-0.2, 0) is 16.1 Å². The third-order valence-electron chi connectivity index (χ3n) is 4.99. The molecule has 34 heavy (non-hydrogen) atoms. The van der Waals surface area contributed by atoms with Crippen LogP contribution in [0.5, 0.6) is 5.75 Å². The maximum absolute atomic E-state index is 12.6. The van der Waals surface area contributed by atoms with E-state index in [4.69, 9.17) is 21.1 Å². The zero-order chi connectivity index (χ0) is 24.2. The molecule has 0 aliphatic carbocycles. The van der Waals surface area contributed by atoms with Crippen LogP contribution in [0.25, 0.3) is 10.2 Å². The van der Waals surface area contributed by atoms with Crippen LogP contribution < -0.4 is 10.1 Å². The predicted octanol–water partition coefficient (Wildman–Crippen LogP) is 4.23. The topological polar surface area (TPSA) is 99.5 Å². The smallest absolute Gasteiger partial charge is 0.348 e. The molecule has 0 aliphatic heterocycles. The molecule has 0 bridgehead atoms. The molecule has 0 fully saturated rings. The number of hydrogen-bond donors (Lipinski definition) is 1. The number of ether oxygens (including phenoxy) is 2. The van der Waals surface area contributed by atoms with E-state index in [2.05, 4.69) is 10.4 Å². The Labute approximate surface area is 204 Å². The van der Waals surface area contributed by atoms with Crippen molar-refractivity contribution in [3.8, 4) is 5.75 Å². The molecular weight excluding hydrogens is 478 g/mol. The number of amides is 2. The Balaban J connectivity index is 1.40. The zero-order valence-electron chi connectivity index (χ0n) is 18.3. The molecule has 10 heteroatoms. The van der Waals surface area contributed by atoms with E-state index in [-0.39, 0.29) is 5.56 Å². The Morgan fingerprint density at radius 3 is 2.59 bits per heavy atom. The van der Waals surface area contributed by atoms with E-state index in [9.17, 15) is 14.4 Å². The molecule has 0 spiro atoms. The van der Waals surface area contributed by atoms with Crippen LogP contribution in [0.3, 0.4) is 0 Å². The van der Waals surface area contributed by atoms with Crippen molar-refractivity contribution in [2.24, 2.45) is 0 Å². The lowest BCUT2D eigenvalue weighted by Gasteiger charge is -2.08. The van der Waals surface area contributed by atoms with Gasteiger partial charge in [0.25, 0.3) is 11.8 Å². The van der Waals surface area contributed by atoms with Crippen LogP contribution in [0.15, 0.2) is 54.6 Å². The number of esters is 1. The fourth-order valence-electron chi connectivity index (χ4n) is 3.35. The highest BCUT2D eigenvalue weighted by molar-refractivity contribution is 7.20. The summed E-state index contributed by atoms with van der Waals surface area (Å²) in [4.78, 5) is 38.2. The van der Waals surface area contributed by atoms with Crippen molar-refractivity contribution in [3.63, 3.8) is 0 Å². The first-order valence-electron chi connectivity index (χ1n) is 10.2. The first-order valence-corrected chi connectivity index (χ1v) is 11.4. The number of fused-ring (bicyclic) bond motifs is 1. The van der Waals surface area contributed by atoms with Gasteiger partial charge in [-0.05, 0) is 42.8 Å². The monoisotopic (exact) mass is 497 g/mol. The van der Waals surface area contributed by atoms with Gasteiger partial charge in [0.2, 0.25) is 0 Å². The summed E-state index contributed by atoms with van der Waals surface area (Å²) in [5.74, 6) is -1.70. The second-order valence-electron chi connectivity index (χ2n) is 7.35. The summed E-state index contributed by atoms with van der Waals surface area (Å²) in [5.41, 5.74) is 2.00. The Kier molecular flexibility index (Phi) is 6.95. The number of thiophene rings is 1. The van der Waals surface area contributed by atoms with Gasteiger partial charge in [0, 0.05) is 10.4 Å². The van der Waals surface area contributed by atoms with Crippen LogP contribution >= 0.6 is 22.9 Å². The van der Waals surface area contributed by atoms with E-state index < -0.39 is 24.4 Å². The number of carbonyl (C=O) groups is 3. The zero-order valence-corrected chi connectivity index (χ0v) is 19.9. The molecule has 2 aromatic carbocycles. The van der Waals surface area contributed by atoms with Crippen LogP contribution in [0.1, 0.15) is 31.3 Å². The fraction of sp³-hybridized carbons (Fsp3) is 0.167. The minimum atomic E-state index is -0.740. The summed E-state index contributed by atoms with van der Waals surface area (Å²) in [5, 5.41) is 8.23. The number of methoxy groups -OCH3 is 1. The maximum atomic E-state index is 12.6. The standard InChI is InChI=1S/C24H20ClN3O5S/c1-14-18-11-20(34-23(18)28(27-14)12-15-7-9-16(25)10-8-15)24(31)33-13-21(29)26-22(30)17-5-3-4-6-19(17)32-2/h3-11H,12-13H2,1-2H3,(H,26,29,30). The lowest BCUT2D eigenvalue weighted by Crippen LogP contribution is -2.34. The molecule has 0 saturated carbocycles. The number of nitrogens with zero attached hydrogens (tertiary/aromatic N) is 2. The van der Waals surface area contributed by atoms with Crippen molar-refractivity contribution in [2.75, 3.05) is 13.7 Å². The van der Waals surface area contributed by atoms with Gasteiger partial charge in [-0.25, -0.2) is 4.79 Å². The predicted molar refractivity (Wildman–Crippen MR) is 129 cm³/mol. The van der Waals surface area contributed by atoms with E-state index in [0.29, 0.717) is 22.2 Å². The molecule has 2 heterocycles. The molecule has 4 rings (SSSR count). The van der Waals surface area contributed by atoms with Crippen LogP contribution in [0.4, 0.5) is 0 Å². The van der Waals surface area contributed by atoms with Crippen LogP contribution in [-0.4, -0.2) is 41.3 Å².